The van der Waals surface area contributed by atoms with Gasteiger partial charge in [-0.25, -0.2) is 12.8 Å². The first kappa shape index (κ1) is 27.2. The molecule has 0 unspecified atom stereocenters. The topological polar surface area (TPSA) is 46.6 Å². The average molecular weight is 518 g/mol. The van der Waals surface area contributed by atoms with E-state index in [0.29, 0.717) is 26.0 Å². The normalized spacial score (nSPS) is 11.7. The molecule has 0 aliphatic rings. The Balaban J connectivity index is 1.66. The van der Waals surface area contributed by atoms with Crippen LogP contribution in [0.4, 0.5) is 4.39 Å². The third kappa shape index (κ3) is 7.79. The van der Waals surface area contributed by atoms with Crippen molar-refractivity contribution < 1.29 is 17.5 Å². The van der Waals surface area contributed by atoms with Gasteiger partial charge in [-0.2, -0.15) is 0 Å². The van der Waals surface area contributed by atoms with Crippen LogP contribution in [0.15, 0.2) is 65.6 Å². The maximum Gasteiger partial charge on any atom is 0.176 e. The van der Waals surface area contributed by atoms with E-state index in [1.54, 1.807) is 6.92 Å². The molecule has 3 rings (SSSR count). The molecule has 0 saturated carbocycles. The summed E-state index contributed by atoms with van der Waals surface area (Å²) in [5.41, 5.74) is 3.59. The fraction of sp³-hybridized carbons (Fsp3) is 0.357. The first-order chi connectivity index (χ1) is 16.7. The molecular weight excluding hydrogens is 485 g/mol. The minimum absolute atomic E-state index is 0.00595. The Hall–Kier alpha value is -2.41. The number of rotatable bonds is 12. The van der Waals surface area contributed by atoms with Crippen molar-refractivity contribution in [3.63, 3.8) is 0 Å². The largest absolute Gasteiger partial charge is 0.493 e. The Morgan fingerprint density at radius 2 is 1.77 bits per heavy atom. The van der Waals surface area contributed by atoms with Crippen molar-refractivity contribution in [1.82, 2.24) is 4.90 Å². The van der Waals surface area contributed by atoms with Gasteiger partial charge in [0.1, 0.15) is 11.6 Å². The highest BCUT2D eigenvalue weighted by Gasteiger charge is 2.18. The fourth-order valence-corrected chi connectivity index (χ4v) is 5.30. The third-order valence-corrected chi connectivity index (χ3v) is 7.70. The van der Waals surface area contributed by atoms with E-state index < -0.39 is 15.7 Å². The summed E-state index contributed by atoms with van der Waals surface area (Å²) in [6.45, 7) is 6.40. The van der Waals surface area contributed by atoms with Crippen LogP contribution in [0.5, 0.6) is 5.75 Å². The molecule has 188 valence electrons. The summed E-state index contributed by atoms with van der Waals surface area (Å²) in [6.07, 6.45) is 2.99. The molecule has 0 atom stereocenters. The second-order valence-electron chi connectivity index (χ2n) is 8.77. The molecule has 0 amide bonds. The zero-order valence-electron chi connectivity index (χ0n) is 20.6. The van der Waals surface area contributed by atoms with Crippen molar-refractivity contribution in [2.75, 3.05) is 26.0 Å². The van der Waals surface area contributed by atoms with Crippen LogP contribution in [-0.2, 0) is 29.2 Å². The van der Waals surface area contributed by atoms with E-state index in [2.05, 4.69) is 17.0 Å². The quantitative estimate of drug-likeness (QED) is 0.266. The van der Waals surface area contributed by atoms with Gasteiger partial charge in [0.2, 0.25) is 0 Å². The van der Waals surface area contributed by atoms with E-state index in [1.165, 1.54) is 17.7 Å². The van der Waals surface area contributed by atoms with Gasteiger partial charge in [0.05, 0.1) is 11.5 Å². The number of nitrogens with zero attached hydrogens (tertiary/aromatic N) is 1. The molecule has 0 bridgehead atoms. The van der Waals surface area contributed by atoms with Crippen LogP contribution >= 0.6 is 11.6 Å². The van der Waals surface area contributed by atoms with Gasteiger partial charge in [-0.05, 0) is 48.9 Å². The van der Waals surface area contributed by atoms with E-state index in [1.807, 2.05) is 43.3 Å². The van der Waals surface area contributed by atoms with Crippen molar-refractivity contribution in [2.24, 2.45) is 0 Å². The molecule has 0 heterocycles. The number of hydrogen-bond donors (Lipinski definition) is 0. The highest BCUT2D eigenvalue weighted by atomic mass is 35.5. The SMILES string of the molecule is CCc1c(F)cc(OCCCN(CCc2ccccc2)Cc2cccc(C)c2Cl)cc1S(C)(=O)=O. The van der Waals surface area contributed by atoms with Gasteiger partial charge in [0, 0.05) is 42.5 Å². The lowest BCUT2D eigenvalue weighted by atomic mass is 10.1. The maximum atomic E-state index is 14.5. The van der Waals surface area contributed by atoms with Gasteiger partial charge in [0.25, 0.3) is 0 Å². The molecule has 0 fully saturated rings. The lowest BCUT2D eigenvalue weighted by Crippen LogP contribution is -2.28. The summed E-state index contributed by atoms with van der Waals surface area (Å²) in [5, 5.41) is 0.785. The van der Waals surface area contributed by atoms with Gasteiger partial charge < -0.3 is 4.74 Å². The molecule has 3 aromatic carbocycles. The van der Waals surface area contributed by atoms with Crippen molar-refractivity contribution in [3.8, 4) is 5.75 Å². The lowest BCUT2D eigenvalue weighted by Gasteiger charge is -2.23. The Morgan fingerprint density at radius 3 is 2.46 bits per heavy atom. The van der Waals surface area contributed by atoms with Gasteiger partial charge in [-0.15, -0.1) is 0 Å². The number of ether oxygens (including phenoxy) is 1. The highest BCUT2D eigenvalue weighted by molar-refractivity contribution is 7.90. The molecule has 0 aliphatic heterocycles. The molecule has 7 heteroatoms. The smallest absolute Gasteiger partial charge is 0.176 e. The molecule has 0 saturated heterocycles. The van der Waals surface area contributed by atoms with Crippen molar-refractivity contribution in [1.29, 1.82) is 0 Å². The molecule has 3 aromatic rings. The van der Waals surface area contributed by atoms with Gasteiger partial charge in [0.15, 0.2) is 9.84 Å². The minimum atomic E-state index is -3.55. The molecule has 35 heavy (non-hydrogen) atoms. The first-order valence-corrected chi connectivity index (χ1v) is 14.1. The zero-order valence-corrected chi connectivity index (χ0v) is 22.1. The predicted molar refractivity (Wildman–Crippen MR) is 141 cm³/mol. The number of sulfone groups is 1. The van der Waals surface area contributed by atoms with Crippen molar-refractivity contribution in [2.45, 2.75) is 44.6 Å². The summed E-state index contributed by atoms with van der Waals surface area (Å²) in [6, 6.07) is 19.1. The Labute approximate surface area is 213 Å². The van der Waals surface area contributed by atoms with Crippen molar-refractivity contribution >= 4 is 21.4 Å². The van der Waals surface area contributed by atoms with Gasteiger partial charge in [-0.3, -0.25) is 4.90 Å². The standard InChI is InChI=1S/C28H33ClFNO3S/c1-4-25-26(30)18-24(19-27(25)35(3,32)33)34-17-9-15-31(16-14-22-11-6-5-7-12-22)20-23-13-8-10-21(2)28(23)29/h5-8,10-13,18-19H,4,9,14-17,20H2,1-3H3. The van der Waals surface area contributed by atoms with Gasteiger partial charge >= 0.3 is 0 Å². The Kier molecular flexibility index (Phi) is 9.72. The van der Waals surface area contributed by atoms with E-state index in [0.717, 1.165) is 41.9 Å². The van der Waals surface area contributed by atoms with E-state index >= 15 is 0 Å². The molecule has 0 aliphatic carbocycles. The number of aryl methyl sites for hydroxylation is 1. The van der Waals surface area contributed by atoms with Crippen LogP contribution in [-0.4, -0.2) is 39.3 Å². The minimum Gasteiger partial charge on any atom is -0.493 e. The van der Waals surface area contributed by atoms with Crippen LogP contribution in [0.3, 0.4) is 0 Å². The van der Waals surface area contributed by atoms with Crippen LogP contribution in [0, 0.1) is 12.7 Å². The first-order valence-electron chi connectivity index (χ1n) is 11.8. The summed E-state index contributed by atoms with van der Waals surface area (Å²) in [4.78, 5) is 2.33. The van der Waals surface area contributed by atoms with Crippen LogP contribution in [0.25, 0.3) is 0 Å². The lowest BCUT2D eigenvalue weighted by molar-refractivity contribution is 0.229. The van der Waals surface area contributed by atoms with E-state index in [4.69, 9.17) is 16.3 Å². The molecule has 4 nitrogen and oxygen atoms in total. The monoisotopic (exact) mass is 517 g/mol. The number of halogens is 2. The fourth-order valence-electron chi connectivity index (χ4n) is 4.10. The Morgan fingerprint density at radius 1 is 1.03 bits per heavy atom. The third-order valence-electron chi connectivity index (χ3n) is 5.99. The number of hydrogen-bond acceptors (Lipinski definition) is 4. The molecule has 0 aromatic heterocycles. The van der Waals surface area contributed by atoms with E-state index in [9.17, 15) is 12.8 Å². The summed E-state index contributed by atoms with van der Waals surface area (Å²) >= 11 is 6.55. The van der Waals surface area contributed by atoms with Crippen molar-refractivity contribution in [3.05, 3.63) is 93.8 Å². The summed E-state index contributed by atoms with van der Waals surface area (Å²) in [7, 11) is -3.55. The highest BCUT2D eigenvalue weighted by Crippen LogP contribution is 2.26. The summed E-state index contributed by atoms with van der Waals surface area (Å²) < 4.78 is 44.5. The average Bonchev–Trinajstić information content (AvgIpc) is 2.82. The molecule has 0 N–H and O–H groups in total. The molecular formula is C28H33ClFNO3S. The zero-order chi connectivity index (χ0) is 25.4. The molecule has 0 spiro atoms. The molecule has 0 radical (unpaired) electrons. The van der Waals surface area contributed by atoms with E-state index in [-0.39, 0.29) is 16.2 Å². The predicted octanol–water partition coefficient (Wildman–Crippen LogP) is 6.27. The van der Waals surface area contributed by atoms with Crippen LogP contribution in [0.2, 0.25) is 5.02 Å². The second kappa shape index (κ2) is 12.5. The van der Waals surface area contributed by atoms with Crippen LogP contribution < -0.4 is 4.74 Å². The van der Waals surface area contributed by atoms with Gasteiger partial charge in [-0.1, -0.05) is 67.1 Å². The van der Waals surface area contributed by atoms with Crippen LogP contribution in [0.1, 0.15) is 35.6 Å². The second-order valence-corrected chi connectivity index (χ2v) is 11.1. The Bertz CT molecular complexity index is 1230. The number of benzene rings is 3. The maximum absolute atomic E-state index is 14.5. The summed E-state index contributed by atoms with van der Waals surface area (Å²) in [5.74, 6) is -0.318.